The Kier molecular flexibility index (Phi) is 5.66. The van der Waals surface area contributed by atoms with E-state index in [0.29, 0.717) is 0 Å². The van der Waals surface area contributed by atoms with Gasteiger partial charge in [0.15, 0.2) is 30.3 Å². The van der Waals surface area contributed by atoms with Gasteiger partial charge >= 0.3 is 5.97 Å². The van der Waals surface area contributed by atoms with Gasteiger partial charge in [0.05, 0.1) is 20.3 Å². The smallest absolute Gasteiger partial charge is 0.337 e. The number of methoxy groups -OCH3 is 2. The fourth-order valence-electron chi connectivity index (χ4n) is 4.54. The van der Waals surface area contributed by atoms with Gasteiger partial charge in [-0.05, 0) is 27.7 Å². The molecule has 4 fully saturated rings. The summed E-state index contributed by atoms with van der Waals surface area (Å²) in [5.41, 5.74) is -1.04. The van der Waals surface area contributed by atoms with Gasteiger partial charge in [0, 0.05) is 7.11 Å². The van der Waals surface area contributed by atoms with Gasteiger partial charge in [-0.3, -0.25) is 0 Å². The van der Waals surface area contributed by atoms with Crippen LogP contribution in [0, 0.1) is 0 Å². The zero-order valence-electron chi connectivity index (χ0n) is 18.0. The van der Waals surface area contributed by atoms with Gasteiger partial charge in [0.2, 0.25) is 0 Å². The summed E-state index contributed by atoms with van der Waals surface area (Å²) >= 11 is 0. The normalized spacial score (nSPS) is 46.4. The van der Waals surface area contributed by atoms with Crippen LogP contribution in [0.2, 0.25) is 0 Å². The number of aliphatic hydroxyl groups is 1. The number of hydrogen-bond acceptors (Lipinski definition) is 11. The number of carbonyl (C=O) groups is 1. The molecule has 0 spiro atoms. The van der Waals surface area contributed by atoms with E-state index in [1.54, 1.807) is 27.7 Å². The van der Waals surface area contributed by atoms with Gasteiger partial charge in [0.1, 0.15) is 30.0 Å². The average Bonchev–Trinajstić information content (AvgIpc) is 3.27. The van der Waals surface area contributed by atoms with Crippen LogP contribution in [0.4, 0.5) is 0 Å². The van der Waals surface area contributed by atoms with Gasteiger partial charge in [0.25, 0.3) is 0 Å². The van der Waals surface area contributed by atoms with Crippen LogP contribution in [-0.4, -0.2) is 98.8 Å². The molecule has 0 aromatic carbocycles. The molecular weight excluding hydrogens is 404 g/mol. The lowest BCUT2D eigenvalue weighted by Gasteiger charge is -2.41. The predicted octanol–water partition coefficient (Wildman–Crippen LogP) is -0.325. The summed E-state index contributed by atoms with van der Waals surface area (Å²) < 4.78 is 51.9. The van der Waals surface area contributed by atoms with E-state index in [2.05, 4.69) is 0 Å². The summed E-state index contributed by atoms with van der Waals surface area (Å²) in [6, 6.07) is 0. The van der Waals surface area contributed by atoms with Gasteiger partial charge in [-0.2, -0.15) is 0 Å². The largest absolute Gasteiger partial charge is 0.467 e. The first-order chi connectivity index (χ1) is 14.0. The molecule has 0 aromatic rings. The molecule has 4 rings (SSSR count). The summed E-state index contributed by atoms with van der Waals surface area (Å²) in [7, 11) is 2.70. The zero-order valence-corrected chi connectivity index (χ0v) is 18.0. The number of esters is 1. The standard InChI is InChI=1S/C19H30O11/c1-17(2)27-9-10(28-17)12(15(23-6)25-11(9)14(21)22-5)26-16-13-19(7-20,8-24-16)30-18(3,4)29-13/h9-13,15-16,20H,7-8H2,1-6H3/t9-,10+,11+,12-,13+,15+,16+,19-/m1/s1. The maximum atomic E-state index is 12.3. The van der Waals surface area contributed by atoms with Crippen molar-refractivity contribution in [2.24, 2.45) is 0 Å². The molecule has 1 N–H and O–H groups in total. The topological polar surface area (TPSA) is 120 Å². The fraction of sp³-hybridized carbons (Fsp3) is 0.947. The lowest BCUT2D eigenvalue weighted by atomic mass is 9.98. The van der Waals surface area contributed by atoms with Crippen molar-refractivity contribution in [2.45, 2.75) is 88.0 Å². The van der Waals surface area contributed by atoms with Crippen molar-refractivity contribution in [2.75, 3.05) is 27.4 Å². The monoisotopic (exact) mass is 434 g/mol. The minimum Gasteiger partial charge on any atom is -0.467 e. The van der Waals surface area contributed by atoms with E-state index < -0.39 is 66.2 Å². The minimum absolute atomic E-state index is 0.0925. The Hall–Kier alpha value is -0.890. The van der Waals surface area contributed by atoms with Crippen LogP contribution >= 0.6 is 0 Å². The molecule has 0 amide bonds. The first-order valence-electron chi connectivity index (χ1n) is 9.92. The third kappa shape index (κ3) is 3.65. The highest BCUT2D eigenvalue weighted by Gasteiger charge is 2.64. The van der Waals surface area contributed by atoms with Gasteiger partial charge in [-0.25, -0.2) is 4.79 Å². The van der Waals surface area contributed by atoms with E-state index in [1.165, 1.54) is 14.2 Å². The molecule has 11 heteroatoms. The lowest BCUT2D eigenvalue weighted by molar-refractivity contribution is -0.317. The van der Waals surface area contributed by atoms with Crippen LogP contribution in [0.15, 0.2) is 0 Å². The van der Waals surface area contributed by atoms with E-state index in [9.17, 15) is 9.90 Å². The molecule has 4 heterocycles. The summed E-state index contributed by atoms with van der Waals surface area (Å²) in [6.45, 7) is 6.79. The maximum absolute atomic E-state index is 12.3. The van der Waals surface area contributed by atoms with Crippen LogP contribution in [0.5, 0.6) is 0 Å². The second-order valence-electron chi connectivity index (χ2n) is 8.79. The molecule has 0 aromatic heterocycles. The molecule has 4 aliphatic rings. The highest BCUT2D eigenvalue weighted by molar-refractivity contribution is 5.75. The summed E-state index contributed by atoms with van der Waals surface area (Å²) in [4.78, 5) is 12.3. The third-order valence-corrected chi connectivity index (χ3v) is 5.68. The predicted molar refractivity (Wildman–Crippen MR) is 96.0 cm³/mol. The van der Waals surface area contributed by atoms with Crippen molar-refractivity contribution in [3.63, 3.8) is 0 Å². The van der Waals surface area contributed by atoms with Crippen molar-refractivity contribution in [1.29, 1.82) is 0 Å². The number of ether oxygens (including phenoxy) is 9. The van der Waals surface area contributed by atoms with E-state index >= 15 is 0 Å². The van der Waals surface area contributed by atoms with Crippen molar-refractivity contribution < 1.29 is 52.5 Å². The Morgan fingerprint density at radius 2 is 1.73 bits per heavy atom. The van der Waals surface area contributed by atoms with Crippen LogP contribution in [-0.2, 0) is 47.4 Å². The Morgan fingerprint density at radius 1 is 1.03 bits per heavy atom. The molecule has 8 atom stereocenters. The van der Waals surface area contributed by atoms with Crippen molar-refractivity contribution >= 4 is 5.97 Å². The van der Waals surface area contributed by atoms with E-state index in [-0.39, 0.29) is 13.2 Å². The van der Waals surface area contributed by atoms with Gasteiger partial charge in [-0.1, -0.05) is 0 Å². The number of rotatable bonds is 5. The summed E-state index contributed by atoms with van der Waals surface area (Å²) in [5.74, 6) is -2.48. The molecule has 4 aliphatic heterocycles. The molecule has 0 saturated carbocycles. The fourth-order valence-corrected chi connectivity index (χ4v) is 4.54. The SMILES string of the molecule is COC(=O)[C@H]1O[C@H](OC)[C@H](O[C@@H]2OC[C@@]3(CO)OC(C)(C)O[C@@H]23)[C@H]2OC(C)(C)O[C@H]21. The molecule has 172 valence electrons. The quantitative estimate of drug-likeness (QED) is 0.573. The van der Waals surface area contributed by atoms with E-state index in [4.69, 9.17) is 42.6 Å². The average molecular weight is 434 g/mol. The zero-order chi connectivity index (χ0) is 21.9. The molecule has 0 aliphatic carbocycles. The molecular formula is C19H30O11. The minimum atomic E-state index is -1.04. The van der Waals surface area contributed by atoms with E-state index in [0.717, 1.165) is 0 Å². The van der Waals surface area contributed by atoms with Crippen molar-refractivity contribution in [3.8, 4) is 0 Å². The first kappa shape index (κ1) is 22.3. The van der Waals surface area contributed by atoms with Crippen LogP contribution < -0.4 is 0 Å². The highest BCUT2D eigenvalue weighted by atomic mass is 16.8. The van der Waals surface area contributed by atoms with Crippen molar-refractivity contribution in [1.82, 2.24) is 0 Å². The lowest BCUT2D eigenvalue weighted by Crippen LogP contribution is -2.61. The highest BCUT2D eigenvalue weighted by Crippen LogP contribution is 2.45. The second kappa shape index (κ2) is 7.61. The molecule has 30 heavy (non-hydrogen) atoms. The summed E-state index contributed by atoms with van der Waals surface area (Å²) in [6.07, 6.45) is -5.85. The molecule has 0 unspecified atom stereocenters. The van der Waals surface area contributed by atoms with Gasteiger partial charge in [-0.15, -0.1) is 0 Å². The molecule has 4 saturated heterocycles. The number of aliphatic hydroxyl groups excluding tert-OH is 1. The first-order valence-corrected chi connectivity index (χ1v) is 9.92. The Morgan fingerprint density at radius 3 is 2.37 bits per heavy atom. The van der Waals surface area contributed by atoms with Crippen LogP contribution in [0.1, 0.15) is 27.7 Å². The maximum Gasteiger partial charge on any atom is 0.337 e. The van der Waals surface area contributed by atoms with E-state index in [1.807, 2.05) is 0 Å². The number of carbonyl (C=O) groups excluding carboxylic acids is 1. The number of hydrogen-bond donors (Lipinski definition) is 1. The van der Waals surface area contributed by atoms with Crippen LogP contribution in [0.25, 0.3) is 0 Å². The summed E-state index contributed by atoms with van der Waals surface area (Å²) in [5, 5.41) is 9.94. The number of fused-ring (bicyclic) bond motifs is 2. The Balaban J connectivity index is 1.58. The molecule has 0 bridgehead atoms. The second-order valence-corrected chi connectivity index (χ2v) is 8.79. The van der Waals surface area contributed by atoms with Crippen LogP contribution in [0.3, 0.4) is 0 Å². The van der Waals surface area contributed by atoms with Crippen molar-refractivity contribution in [3.05, 3.63) is 0 Å². The Bertz CT molecular complexity index is 667. The molecule has 11 nitrogen and oxygen atoms in total. The molecule has 0 radical (unpaired) electrons. The van der Waals surface area contributed by atoms with Gasteiger partial charge < -0.3 is 47.7 Å². The third-order valence-electron chi connectivity index (χ3n) is 5.68. The Labute approximate surface area is 174 Å².